The summed E-state index contributed by atoms with van der Waals surface area (Å²) in [7, 11) is 4.34. The van der Waals surface area contributed by atoms with Gasteiger partial charge in [-0.05, 0) is 106 Å². The van der Waals surface area contributed by atoms with Crippen LogP contribution in [0.2, 0.25) is 10.0 Å². The molecule has 0 fully saturated rings. The van der Waals surface area contributed by atoms with Crippen molar-refractivity contribution < 1.29 is 0 Å². The van der Waals surface area contributed by atoms with E-state index in [1.54, 1.807) is 0 Å². The van der Waals surface area contributed by atoms with E-state index < -0.39 is 0 Å². The Balaban J connectivity index is 0.000000193. The third-order valence-corrected chi connectivity index (χ3v) is 9.25. The fourth-order valence-corrected chi connectivity index (χ4v) is 6.96. The standard InChI is InChI=1S/C20H12BrCl.C20H13Cl.2CH4.BHNS/c21-20-18-8-4-2-6-16(18)15-5-1-3-7-17(15)19(20)13-9-11-14(22)12-10-13;21-16-11-9-14(10-12-16)20-13-15-5-1-2-6-17(15)18-7-3-4-8-19(18)20;;;1-2-3/h1-12H;1-13H;2*1H4;3H. The molecule has 0 aromatic heterocycles. The molecule has 8 aromatic rings. The number of halogens is 3. The van der Waals surface area contributed by atoms with E-state index in [4.69, 9.17) is 23.2 Å². The maximum atomic E-state index is 6.04. The van der Waals surface area contributed by atoms with Gasteiger partial charge in [-0.15, -0.1) is 0 Å². The van der Waals surface area contributed by atoms with E-state index in [0.29, 0.717) is 0 Å². The van der Waals surface area contributed by atoms with E-state index in [0.717, 1.165) is 14.5 Å². The predicted octanol–water partition coefficient (Wildman–Crippen LogP) is 14.8. The molecule has 1 radical (unpaired) electrons. The van der Waals surface area contributed by atoms with Gasteiger partial charge in [0.15, 0.2) is 0 Å². The Morgan fingerprint density at radius 1 is 0.479 bits per heavy atom. The Bertz CT molecular complexity index is 2320. The van der Waals surface area contributed by atoms with Crippen LogP contribution in [0.1, 0.15) is 14.9 Å². The predicted molar refractivity (Wildman–Crippen MR) is 222 cm³/mol. The van der Waals surface area contributed by atoms with Gasteiger partial charge < -0.3 is 0 Å². The van der Waals surface area contributed by atoms with Gasteiger partial charge in [0.1, 0.15) is 0 Å². The van der Waals surface area contributed by atoms with Crippen LogP contribution in [0.15, 0.2) is 160 Å². The molecule has 0 unspecified atom stereocenters. The quantitative estimate of drug-likeness (QED) is 0.103. The van der Waals surface area contributed by atoms with Crippen molar-refractivity contribution in [2.45, 2.75) is 14.9 Å². The molecule has 0 aliphatic rings. The topological polar surface area (TPSA) is 12.4 Å². The summed E-state index contributed by atoms with van der Waals surface area (Å²) < 4.78 is 3.82. The van der Waals surface area contributed by atoms with Crippen LogP contribution in [0.4, 0.5) is 0 Å². The van der Waals surface area contributed by atoms with Crippen LogP contribution in [0, 0.1) is 0 Å². The van der Waals surface area contributed by atoms with Crippen LogP contribution in [-0.2, 0) is 0 Å². The van der Waals surface area contributed by atoms with E-state index in [2.05, 4.69) is 168 Å². The summed E-state index contributed by atoms with van der Waals surface area (Å²) in [5.74, 6) is 0. The van der Waals surface area contributed by atoms with Gasteiger partial charge in [-0.2, -0.15) is 0 Å². The molecule has 0 bridgehead atoms. The zero-order valence-corrected chi connectivity index (χ0v) is 28.5. The van der Waals surface area contributed by atoms with Crippen LogP contribution in [0.25, 0.3) is 65.3 Å². The Kier molecular flexibility index (Phi) is 13.0. The fraction of sp³-hybridized carbons (Fsp3) is 0.0476. The average molecular weight is 746 g/mol. The minimum atomic E-state index is 0. The Hall–Kier alpha value is -3.93. The first kappa shape index (κ1) is 36.9. The van der Waals surface area contributed by atoms with Crippen molar-refractivity contribution in [3.05, 3.63) is 166 Å². The zero-order chi connectivity index (χ0) is 32.0. The van der Waals surface area contributed by atoms with Gasteiger partial charge >= 0.3 is 24.8 Å². The van der Waals surface area contributed by atoms with Crippen molar-refractivity contribution in [3.8, 4) is 22.3 Å². The SMILES string of the molecule is C.C.Clc1ccc(-c2c(Br)c3ccccc3c3ccccc23)cc1.Clc1ccc(-c2cc3ccccc3c3ccccc23)cc1.[B]=NS. The molecule has 0 aliphatic carbocycles. The second kappa shape index (κ2) is 16.9. The number of hydrogen-bond acceptors (Lipinski definition) is 2. The van der Waals surface area contributed by atoms with Crippen molar-refractivity contribution in [3.63, 3.8) is 0 Å². The number of fused-ring (bicyclic) bond motifs is 6. The van der Waals surface area contributed by atoms with Gasteiger partial charge in [0.25, 0.3) is 0 Å². The van der Waals surface area contributed by atoms with Crippen LogP contribution in [0.3, 0.4) is 0 Å². The van der Waals surface area contributed by atoms with Crippen LogP contribution in [-0.4, -0.2) is 7.64 Å². The molecule has 8 rings (SSSR count). The normalized spacial score (nSPS) is 10.2. The van der Waals surface area contributed by atoms with Crippen LogP contribution in [0.5, 0.6) is 0 Å². The summed E-state index contributed by atoms with van der Waals surface area (Å²) in [6.07, 6.45) is 0. The number of thiol groups is 1. The average Bonchev–Trinajstić information content (AvgIpc) is 3.10. The molecule has 48 heavy (non-hydrogen) atoms. The van der Waals surface area contributed by atoms with Crippen molar-refractivity contribution in [2.24, 2.45) is 4.30 Å². The fourth-order valence-electron chi connectivity index (χ4n) is 5.92. The molecule has 0 amide bonds. The van der Waals surface area contributed by atoms with E-state index in [1.807, 2.05) is 24.3 Å². The molecule has 0 saturated heterocycles. The molecule has 1 nitrogen and oxygen atoms in total. The summed E-state index contributed by atoms with van der Waals surface area (Å²) in [4.78, 5) is 0. The van der Waals surface area contributed by atoms with E-state index in [1.165, 1.54) is 65.3 Å². The van der Waals surface area contributed by atoms with Crippen molar-refractivity contribution in [2.75, 3.05) is 0 Å². The molecule has 0 saturated carbocycles. The molecule has 0 spiro atoms. The summed E-state index contributed by atoms with van der Waals surface area (Å²) >= 11 is 19.1. The van der Waals surface area contributed by atoms with Crippen LogP contribution < -0.4 is 0 Å². The number of nitrogens with zero attached hydrogens (tertiary/aromatic N) is 1. The monoisotopic (exact) mass is 744 g/mol. The first-order valence-electron chi connectivity index (χ1n) is 14.6. The second-order valence-corrected chi connectivity index (χ2v) is 12.5. The van der Waals surface area contributed by atoms with E-state index in [-0.39, 0.29) is 14.9 Å². The van der Waals surface area contributed by atoms with Gasteiger partial charge in [-0.3, -0.25) is 0 Å². The third kappa shape index (κ3) is 7.69. The molecule has 8 aromatic carbocycles. The third-order valence-electron chi connectivity index (χ3n) is 7.93. The second-order valence-electron chi connectivity index (χ2n) is 10.6. The van der Waals surface area contributed by atoms with Crippen molar-refractivity contribution in [1.82, 2.24) is 0 Å². The molecule has 6 heteroatoms. The van der Waals surface area contributed by atoms with Gasteiger partial charge in [-0.25, -0.2) is 0 Å². The Morgan fingerprint density at radius 3 is 1.40 bits per heavy atom. The maximum absolute atomic E-state index is 6.04. The van der Waals surface area contributed by atoms with E-state index in [9.17, 15) is 0 Å². The van der Waals surface area contributed by atoms with Crippen LogP contribution >= 0.6 is 51.9 Å². The first-order valence-corrected chi connectivity index (χ1v) is 16.5. The molecule has 0 N–H and O–H groups in total. The first-order chi connectivity index (χ1) is 22.5. The molecular formula is C42H34BBrCl2NS. The number of rotatable bonds is 2. The summed E-state index contributed by atoms with van der Waals surface area (Å²) in [5.41, 5.74) is 4.83. The summed E-state index contributed by atoms with van der Waals surface area (Å²) in [6.45, 7) is 0. The molecule has 0 aliphatic heterocycles. The Morgan fingerprint density at radius 2 is 0.854 bits per heavy atom. The van der Waals surface area contributed by atoms with Crippen molar-refractivity contribution >= 4 is 103 Å². The van der Waals surface area contributed by atoms with Gasteiger partial charge in [-0.1, -0.05) is 159 Å². The van der Waals surface area contributed by atoms with Gasteiger partial charge in [0, 0.05) is 20.1 Å². The molecule has 0 heterocycles. The molecular weight excluding hydrogens is 712 g/mol. The van der Waals surface area contributed by atoms with Gasteiger partial charge in [0.05, 0.1) is 0 Å². The van der Waals surface area contributed by atoms with E-state index >= 15 is 0 Å². The zero-order valence-electron chi connectivity index (χ0n) is 24.5. The molecule has 237 valence electrons. The molecule has 0 atom stereocenters. The van der Waals surface area contributed by atoms with Crippen molar-refractivity contribution in [1.29, 1.82) is 0 Å². The summed E-state index contributed by atoms with van der Waals surface area (Å²) in [5, 5.41) is 11.7. The number of benzene rings is 8. The van der Waals surface area contributed by atoms with Gasteiger partial charge in [0.2, 0.25) is 0 Å². The Labute approximate surface area is 308 Å². The summed E-state index contributed by atoms with van der Waals surface area (Å²) in [6, 6.07) is 52.5. The number of hydrogen-bond donors (Lipinski definition) is 1. The minimum absolute atomic E-state index is 0.